The summed E-state index contributed by atoms with van der Waals surface area (Å²) in [6.07, 6.45) is 2.57. The van der Waals surface area contributed by atoms with Gasteiger partial charge in [0.05, 0.1) is 6.04 Å². The van der Waals surface area contributed by atoms with E-state index in [1.165, 1.54) is 6.92 Å². The van der Waals surface area contributed by atoms with Gasteiger partial charge in [-0.25, -0.2) is 4.79 Å². The molecule has 0 aromatic rings. The SMILES string of the molecule is CC(C)C[C@H](NC(=O)[C@H](CCC(N)=O)NC(=O)[C@H](CCCCN)NC(=O)[C@H](C)NC(=O)[C@@H]1CCCN1)C(=O)O. The number of nitrogens with two attached hydrogens (primary N) is 2. The first-order valence-electron chi connectivity index (χ1n) is 13.5. The van der Waals surface area contributed by atoms with E-state index < -0.39 is 53.8 Å². The molecule has 222 valence electrons. The number of aliphatic carboxylic acids is 1. The highest BCUT2D eigenvalue weighted by Gasteiger charge is 2.31. The fraction of sp³-hybridized carbons (Fsp3) is 0.760. The Balaban J connectivity index is 2.96. The van der Waals surface area contributed by atoms with Gasteiger partial charge in [0, 0.05) is 6.42 Å². The van der Waals surface area contributed by atoms with E-state index in [4.69, 9.17) is 11.5 Å². The van der Waals surface area contributed by atoms with Gasteiger partial charge in [-0.3, -0.25) is 24.0 Å². The molecular formula is C25H45N7O7. The summed E-state index contributed by atoms with van der Waals surface area (Å²) in [6.45, 7) is 6.20. The van der Waals surface area contributed by atoms with Crippen molar-refractivity contribution in [3.8, 4) is 0 Å². The Morgan fingerprint density at radius 1 is 0.872 bits per heavy atom. The molecule has 0 aromatic carbocycles. The third kappa shape index (κ3) is 12.9. The third-order valence-electron chi connectivity index (χ3n) is 6.34. The first kappa shape index (κ1) is 33.8. The lowest BCUT2D eigenvalue weighted by Crippen LogP contribution is -2.58. The van der Waals surface area contributed by atoms with Crippen molar-refractivity contribution in [1.29, 1.82) is 0 Å². The van der Waals surface area contributed by atoms with Crippen molar-refractivity contribution in [2.45, 2.75) is 102 Å². The van der Waals surface area contributed by atoms with E-state index in [1.54, 1.807) is 13.8 Å². The number of carbonyl (C=O) groups is 6. The highest BCUT2D eigenvalue weighted by Crippen LogP contribution is 2.09. The summed E-state index contributed by atoms with van der Waals surface area (Å²) >= 11 is 0. The number of amides is 5. The molecule has 1 heterocycles. The van der Waals surface area contributed by atoms with Crippen LogP contribution in [-0.2, 0) is 28.8 Å². The van der Waals surface area contributed by atoms with Crippen molar-refractivity contribution in [2.75, 3.05) is 13.1 Å². The molecule has 0 aliphatic carbocycles. The Hall–Kier alpha value is -3.26. The predicted octanol–water partition coefficient (Wildman–Crippen LogP) is -1.78. The lowest BCUT2D eigenvalue weighted by atomic mass is 10.0. The Morgan fingerprint density at radius 3 is 1.97 bits per heavy atom. The molecule has 0 spiro atoms. The third-order valence-corrected chi connectivity index (χ3v) is 6.34. The molecule has 14 heteroatoms. The molecule has 1 saturated heterocycles. The van der Waals surface area contributed by atoms with Gasteiger partial charge in [0.25, 0.3) is 0 Å². The minimum absolute atomic E-state index is 0.0286. The summed E-state index contributed by atoms with van der Waals surface area (Å²) in [5.41, 5.74) is 10.8. The average molecular weight is 556 g/mol. The van der Waals surface area contributed by atoms with Crippen LogP contribution in [0.4, 0.5) is 0 Å². The van der Waals surface area contributed by atoms with Crippen LogP contribution >= 0.6 is 0 Å². The summed E-state index contributed by atoms with van der Waals surface area (Å²) in [7, 11) is 0. The number of primary amides is 1. The Labute approximate surface area is 229 Å². The van der Waals surface area contributed by atoms with E-state index in [1.807, 2.05) is 0 Å². The molecule has 14 nitrogen and oxygen atoms in total. The second-order valence-corrected chi connectivity index (χ2v) is 10.3. The molecule has 1 aliphatic rings. The number of unbranched alkanes of at least 4 members (excludes halogenated alkanes) is 1. The highest BCUT2D eigenvalue weighted by molar-refractivity contribution is 5.95. The molecule has 0 saturated carbocycles. The van der Waals surface area contributed by atoms with Gasteiger partial charge < -0.3 is 43.2 Å². The smallest absolute Gasteiger partial charge is 0.326 e. The Kier molecular flexibility index (Phi) is 15.0. The first-order chi connectivity index (χ1) is 18.3. The lowest BCUT2D eigenvalue weighted by molar-refractivity contribution is -0.143. The van der Waals surface area contributed by atoms with Crippen LogP contribution in [0.1, 0.15) is 72.1 Å². The van der Waals surface area contributed by atoms with E-state index in [9.17, 15) is 33.9 Å². The molecule has 10 N–H and O–H groups in total. The number of carbonyl (C=O) groups excluding carboxylic acids is 5. The molecule has 0 aromatic heterocycles. The second-order valence-electron chi connectivity index (χ2n) is 10.3. The van der Waals surface area contributed by atoms with Crippen LogP contribution in [0.3, 0.4) is 0 Å². The summed E-state index contributed by atoms with van der Waals surface area (Å²) in [5.74, 6) is -4.33. The molecule has 39 heavy (non-hydrogen) atoms. The zero-order valence-corrected chi connectivity index (χ0v) is 23.1. The molecule has 1 aliphatic heterocycles. The predicted molar refractivity (Wildman–Crippen MR) is 143 cm³/mol. The van der Waals surface area contributed by atoms with Gasteiger partial charge >= 0.3 is 5.97 Å². The van der Waals surface area contributed by atoms with Crippen LogP contribution in [0.2, 0.25) is 0 Å². The van der Waals surface area contributed by atoms with E-state index in [0.29, 0.717) is 25.8 Å². The van der Waals surface area contributed by atoms with Crippen LogP contribution in [0.5, 0.6) is 0 Å². The average Bonchev–Trinajstić information content (AvgIpc) is 3.40. The van der Waals surface area contributed by atoms with Crippen molar-refractivity contribution in [3.63, 3.8) is 0 Å². The van der Waals surface area contributed by atoms with Crippen molar-refractivity contribution >= 4 is 35.5 Å². The zero-order chi connectivity index (χ0) is 29.5. The number of carboxylic acids is 1. The summed E-state index contributed by atoms with van der Waals surface area (Å²) in [4.78, 5) is 74.4. The number of nitrogens with one attached hydrogen (secondary N) is 5. The van der Waals surface area contributed by atoms with Crippen molar-refractivity contribution in [1.82, 2.24) is 26.6 Å². The lowest BCUT2D eigenvalue weighted by Gasteiger charge is -2.26. The summed E-state index contributed by atoms with van der Waals surface area (Å²) in [6, 6.07) is -4.82. The number of hydrogen-bond acceptors (Lipinski definition) is 8. The minimum Gasteiger partial charge on any atom is -0.480 e. The van der Waals surface area contributed by atoms with Crippen LogP contribution < -0.4 is 38.1 Å². The fourth-order valence-electron chi connectivity index (χ4n) is 4.14. The highest BCUT2D eigenvalue weighted by atomic mass is 16.4. The van der Waals surface area contributed by atoms with Crippen molar-refractivity contribution in [2.24, 2.45) is 17.4 Å². The molecule has 1 rings (SSSR count). The molecule has 5 atom stereocenters. The topological polar surface area (TPSA) is 235 Å². The maximum absolute atomic E-state index is 13.2. The molecule has 0 bridgehead atoms. The van der Waals surface area contributed by atoms with E-state index in [-0.39, 0.29) is 43.6 Å². The first-order valence-corrected chi connectivity index (χ1v) is 13.5. The normalized spacial score (nSPS) is 17.9. The Morgan fingerprint density at radius 2 is 1.46 bits per heavy atom. The monoisotopic (exact) mass is 555 g/mol. The molecule has 5 amide bonds. The van der Waals surface area contributed by atoms with Crippen LogP contribution in [0, 0.1) is 5.92 Å². The van der Waals surface area contributed by atoms with Gasteiger partial charge in [0.1, 0.15) is 24.2 Å². The maximum Gasteiger partial charge on any atom is 0.326 e. The molecule has 1 fully saturated rings. The largest absolute Gasteiger partial charge is 0.480 e. The van der Waals surface area contributed by atoms with Crippen LogP contribution in [0.15, 0.2) is 0 Å². The van der Waals surface area contributed by atoms with Crippen molar-refractivity contribution in [3.05, 3.63) is 0 Å². The van der Waals surface area contributed by atoms with Crippen LogP contribution in [0.25, 0.3) is 0 Å². The van der Waals surface area contributed by atoms with E-state index in [0.717, 1.165) is 13.0 Å². The maximum atomic E-state index is 13.2. The summed E-state index contributed by atoms with van der Waals surface area (Å²) in [5, 5.41) is 22.7. The standard InChI is InChI=1S/C25H45N7O7/c1-14(2)13-19(25(38)39)32-24(37)18(9-10-20(27)33)31-23(36)17(7-4-5-11-26)30-21(34)15(3)29-22(35)16-8-6-12-28-16/h14-19,28H,4-13,26H2,1-3H3,(H2,27,33)(H,29,35)(H,30,34)(H,31,36)(H,32,37)(H,38,39)/t15-,16-,17-,18-,19-/m0/s1. The zero-order valence-electron chi connectivity index (χ0n) is 23.1. The van der Waals surface area contributed by atoms with E-state index >= 15 is 0 Å². The molecular weight excluding hydrogens is 510 g/mol. The summed E-state index contributed by atoms with van der Waals surface area (Å²) < 4.78 is 0. The number of hydrogen-bond donors (Lipinski definition) is 8. The van der Waals surface area contributed by atoms with Gasteiger partial charge in [-0.15, -0.1) is 0 Å². The number of carboxylic acid groups (broad SMARTS) is 1. The quantitative estimate of drug-likeness (QED) is 0.0891. The fourth-order valence-corrected chi connectivity index (χ4v) is 4.14. The number of rotatable bonds is 18. The van der Waals surface area contributed by atoms with Gasteiger partial charge in [0.15, 0.2) is 0 Å². The molecule has 0 radical (unpaired) electrons. The van der Waals surface area contributed by atoms with Gasteiger partial charge in [-0.05, 0) is 70.9 Å². The molecule has 0 unspecified atom stereocenters. The van der Waals surface area contributed by atoms with E-state index in [2.05, 4.69) is 26.6 Å². The Bertz CT molecular complexity index is 862. The minimum atomic E-state index is -1.27. The van der Waals surface area contributed by atoms with Gasteiger partial charge in [0.2, 0.25) is 29.5 Å². The van der Waals surface area contributed by atoms with Crippen LogP contribution in [-0.4, -0.2) is 83.9 Å². The second kappa shape index (κ2) is 17.4. The van der Waals surface area contributed by atoms with Crippen molar-refractivity contribution < 1.29 is 33.9 Å². The van der Waals surface area contributed by atoms with Gasteiger partial charge in [-0.1, -0.05) is 13.8 Å². The van der Waals surface area contributed by atoms with Gasteiger partial charge in [-0.2, -0.15) is 0 Å².